The molecule has 0 saturated carbocycles. The summed E-state index contributed by atoms with van der Waals surface area (Å²) < 4.78 is 7.13. The molecule has 0 radical (unpaired) electrons. The van der Waals surface area contributed by atoms with Crippen LogP contribution in [0.5, 0.6) is 0 Å². The molecule has 1 N–H and O–H groups in total. The van der Waals surface area contributed by atoms with E-state index in [1.54, 1.807) is 13.0 Å². The van der Waals surface area contributed by atoms with Gasteiger partial charge in [-0.1, -0.05) is 53.4 Å². The first-order valence-electron chi connectivity index (χ1n) is 8.86. The molecule has 0 aliphatic carbocycles. The van der Waals surface area contributed by atoms with E-state index in [1.807, 2.05) is 30.3 Å². The summed E-state index contributed by atoms with van der Waals surface area (Å²) in [7, 11) is 0. The van der Waals surface area contributed by atoms with Crippen molar-refractivity contribution in [3.05, 3.63) is 69.8 Å². The topological polar surface area (TPSA) is 102 Å². The molecule has 29 heavy (non-hydrogen) atoms. The number of amides is 1. The van der Waals surface area contributed by atoms with Crippen LogP contribution in [0.25, 0.3) is 5.65 Å². The zero-order valence-corrected chi connectivity index (χ0v) is 17.1. The van der Waals surface area contributed by atoms with Gasteiger partial charge in [0.25, 0.3) is 5.56 Å². The van der Waals surface area contributed by atoms with Gasteiger partial charge >= 0.3 is 0 Å². The minimum atomic E-state index is -0.262. The van der Waals surface area contributed by atoms with E-state index < -0.39 is 0 Å². The maximum absolute atomic E-state index is 12.1. The molecule has 3 aromatic heterocycles. The number of carbonyl (C=O) groups excluding carboxylic acids is 1. The highest BCUT2D eigenvalue weighted by molar-refractivity contribution is 8.00. The summed E-state index contributed by atoms with van der Waals surface area (Å²) in [6, 6.07) is 13.0. The second-order valence-corrected chi connectivity index (χ2v) is 8.48. The fraction of sp³-hybridized carbons (Fsp3) is 0.211. The SMILES string of the molecule is Cc1cc2nc(CSc3nnc(NC(=O)CCc4ccccc4)s3)cc(=O)n2o1. The first-order valence-corrected chi connectivity index (χ1v) is 10.7. The van der Waals surface area contributed by atoms with E-state index in [4.69, 9.17) is 4.52 Å². The van der Waals surface area contributed by atoms with Crippen LogP contribution in [0.4, 0.5) is 5.13 Å². The Bertz CT molecular complexity index is 1200. The number of aryl methyl sites for hydroxylation is 2. The average molecular weight is 428 g/mol. The Morgan fingerprint density at radius 2 is 2.07 bits per heavy atom. The van der Waals surface area contributed by atoms with Crippen molar-refractivity contribution in [1.29, 1.82) is 0 Å². The standard InChI is InChI=1S/C19H17N5O3S2/c1-12-9-15-20-14(10-17(26)24(15)27-12)11-28-19-23-22-18(29-19)21-16(25)8-7-13-5-3-2-4-6-13/h2-6,9-10H,7-8,11H2,1H3,(H,21,22,25). The Morgan fingerprint density at radius 3 is 2.90 bits per heavy atom. The summed E-state index contributed by atoms with van der Waals surface area (Å²) in [4.78, 5) is 28.6. The van der Waals surface area contributed by atoms with E-state index in [0.717, 1.165) is 10.1 Å². The lowest BCUT2D eigenvalue weighted by molar-refractivity contribution is -0.116. The summed E-state index contributed by atoms with van der Waals surface area (Å²) in [6.45, 7) is 1.76. The van der Waals surface area contributed by atoms with Gasteiger partial charge in [0.1, 0.15) is 5.76 Å². The molecule has 1 aromatic carbocycles. The van der Waals surface area contributed by atoms with E-state index in [-0.39, 0.29) is 11.5 Å². The third kappa shape index (κ3) is 4.90. The molecule has 0 atom stereocenters. The average Bonchev–Trinajstić information content (AvgIpc) is 3.31. The highest BCUT2D eigenvalue weighted by atomic mass is 32.2. The van der Waals surface area contributed by atoms with Gasteiger partial charge in [-0.15, -0.1) is 14.8 Å². The van der Waals surface area contributed by atoms with E-state index in [1.165, 1.54) is 29.2 Å². The lowest BCUT2D eigenvalue weighted by Gasteiger charge is -2.01. The Labute approximate surface area is 174 Å². The number of thioether (sulfide) groups is 1. The normalized spacial score (nSPS) is 11.1. The van der Waals surface area contributed by atoms with E-state index in [0.29, 0.717) is 45.2 Å². The van der Waals surface area contributed by atoms with Crippen LogP contribution in [-0.4, -0.2) is 25.7 Å². The Kier molecular flexibility index (Phi) is 5.72. The molecule has 4 rings (SSSR count). The highest BCUT2D eigenvalue weighted by Crippen LogP contribution is 2.28. The lowest BCUT2D eigenvalue weighted by Crippen LogP contribution is -2.12. The van der Waals surface area contributed by atoms with Gasteiger partial charge in [-0.3, -0.25) is 9.59 Å². The molecule has 4 aromatic rings. The van der Waals surface area contributed by atoms with Crippen molar-refractivity contribution in [3.63, 3.8) is 0 Å². The maximum Gasteiger partial charge on any atom is 0.287 e. The molecular formula is C19H17N5O3S2. The molecule has 0 aliphatic heterocycles. The number of rotatable bonds is 7. The predicted molar refractivity (Wildman–Crippen MR) is 111 cm³/mol. The number of aromatic nitrogens is 4. The third-order valence-corrected chi connectivity index (χ3v) is 6.01. The van der Waals surface area contributed by atoms with Gasteiger partial charge in [0.2, 0.25) is 11.0 Å². The van der Waals surface area contributed by atoms with Gasteiger partial charge in [0.05, 0.1) is 5.69 Å². The van der Waals surface area contributed by atoms with Crippen molar-refractivity contribution >= 4 is 39.8 Å². The van der Waals surface area contributed by atoms with Crippen LogP contribution in [0.15, 0.2) is 56.1 Å². The summed E-state index contributed by atoms with van der Waals surface area (Å²) in [5, 5.41) is 11.3. The van der Waals surface area contributed by atoms with Gasteiger partial charge < -0.3 is 9.84 Å². The fourth-order valence-corrected chi connectivity index (χ4v) is 4.35. The number of hydrogen-bond donors (Lipinski definition) is 1. The monoisotopic (exact) mass is 427 g/mol. The van der Waals surface area contributed by atoms with Crippen LogP contribution >= 0.6 is 23.1 Å². The van der Waals surface area contributed by atoms with Gasteiger partial charge in [0, 0.05) is 24.3 Å². The van der Waals surface area contributed by atoms with Crippen molar-refractivity contribution < 1.29 is 9.32 Å². The van der Waals surface area contributed by atoms with Crippen LogP contribution in [-0.2, 0) is 17.0 Å². The summed E-state index contributed by atoms with van der Waals surface area (Å²) in [6.07, 6.45) is 1.05. The van der Waals surface area contributed by atoms with E-state index in [9.17, 15) is 9.59 Å². The molecule has 8 nitrogen and oxygen atoms in total. The van der Waals surface area contributed by atoms with Crippen LogP contribution in [0.1, 0.15) is 23.4 Å². The molecule has 10 heteroatoms. The van der Waals surface area contributed by atoms with Crippen molar-refractivity contribution in [1.82, 2.24) is 19.8 Å². The lowest BCUT2D eigenvalue weighted by atomic mass is 10.1. The van der Waals surface area contributed by atoms with Crippen LogP contribution in [0.2, 0.25) is 0 Å². The molecule has 0 aliphatic rings. The number of anilines is 1. The van der Waals surface area contributed by atoms with Gasteiger partial charge in [-0.05, 0) is 18.9 Å². The largest absolute Gasteiger partial charge is 0.375 e. The van der Waals surface area contributed by atoms with Gasteiger partial charge in [-0.25, -0.2) is 4.98 Å². The predicted octanol–water partition coefficient (Wildman–Crippen LogP) is 3.31. The zero-order chi connectivity index (χ0) is 20.2. The number of nitrogens with zero attached hydrogens (tertiary/aromatic N) is 4. The van der Waals surface area contributed by atoms with E-state index >= 15 is 0 Å². The first-order chi connectivity index (χ1) is 14.1. The smallest absolute Gasteiger partial charge is 0.287 e. The summed E-state index contributed by atoms with van der Waals surface area (Å²) >= 11 is 2.70. The van der Waals surface area contributed by atoms with Gasteiger partial charge in [0.15, 0.2) is 9.99 Å². The fourth-order valence-electron chi connectivity index (χ4n) is 2.69. The molecule has 3 heterocycles. The maximum atomic E-state index is 12.1. The van der Waals surface area contributed by atoms with Crippen LogP contribution in [0.3, 0.4) is 0 Å². The Morgan fingerprint density at radius 1 is 1.24 bits per heavy atom. The molecule has 0 saturated heterocycles. The number of hydrogen-bond acceptors (Lipinski definition) is 8. The van der Waals surface area contributed by atoms with Crippen molar-refractivity contribution in [3.8, 4) is 0 Å². The van der Waals surface area contributed by atoms with Crippen molar-refractivity contribution in [2.75, 3.05) is 5.32 Å². The molecule has 148 valence electrons. The van der Waals surface area contributed by atoms with Crippen LogP contribution in [0, 0.1) is 6.92 Å². The van der Waals surface area contributed by atoms with Crippen molar-refractivity contribution in [2.24, 2.45) is 0 Å². The molecule has 0 spiro atoms. The quantitative estimate of drug-likeness (QED) is 0.356. The summed E-state index contributed by atoms with van der Waals surface area (Å²) in [5.74, 6) is 0.986. The number of carbonyl (C=O) groups is 1. The molecule has 1 amide bonds. The highest BCUT2D eigenvalue weighted by Gasteiger charge is 2.11. The minimum Gasteiger partial charge on any atom is -0.375 e. The Hall–Kier alpha value is -2.98. The Balaban J connectivity index is 1.32. The summed E-state index contributed by atoms with van der Waals surface area (Å²) in [5.41, 5.74) is 1.96. The second-order valence-electron chi connectivity index (χ2n) is 6.28. The third-order valence-electron chi connectivity index (χ3n) is 4.00. The number of benzene rings is 1. The molecular weight excluding hydrogens is 410 g/mol. The van der Waals surface area contributed by atoms with Crippen molar-refractivity contribution in [2.45, 2.75) is 29.9 Å². The molecule has 0 fully saturated rings. The van der Waals surface area contributed by atoms with E-state index in [2.05, 4.69) is 20.5 Å². The first kappa shape index (κ1) is 19.3. The number of fused-ring (bicyclic) bond motifs is 1. The number of nitrogens with one attached hydrogen (secondary N) is 1. The van der Waals surface area contributed by atoms with Gasteiger partial charge in [-0.2, -0.15) is 0 Å². The molecule has 0 unspecified atom stereocenters. The zero-order valence-electron chi connectivity index (χ0n) is 15.5. The molecule has 0 bridgehead atoms. The second kappa shape index (κ2) is 8.58. The van der Waals surface area contributed by atoms with Crippen LogP contribution < -0.4 is 10.9 Å². The minimum absolute atomic E-state index is 0.1000.